The molecule has 0 aromatic rings. The second-order valence-electron chi connectivity index (χ2n) is 1.56. The Morgan fingerprint density at radius 3 is 1.73 bits per heavy atom. The molecule has 1 N–H and O–H groups in total. The van der Waals surface area contributed by atoms with Crippen molar-refractivity contribution in [1.29, 1.82) is 0 Å². The number of hydrogen-bond donors (Lipinski definition) is 1. The Labute approximate surface area is 64.6 Å². The van der Waals surface area contributed by atoms with E-state index >= 15 is 0 Å². The predicted octanol–water partition coefficient (Wildman–Crippen LogP) is 2.72. The first-order valence-corrected chi connectivity index (χ1v) is 4.40. The molecule has 0 aliphatic carbocycles. The molecule has 0 fully saturated rings. The fraction of sp³-hybridized carbons (Fsp3) is 0.500. The number of nitrogens with one attached hydrogen (secondary N) is 1. The molecular formula is C2H4F5NOS2. The average molecular weight is 217 g/mol. The molecule has 0 aromatic heterocycles. The van der Waals surface area contributed by atoms with Crippen molar-refractivity contribution < 1.29 is 24.2 Å². The number of rotatable bonds is 1. The Kier molecular flexibility index (Phi) is 1.83. The van der Waals surface area contributed by atoms with Crippen molar-refractivity contribution in [2.45, 2.75) is 0 Å². The van der Waals surface area contributed by atoms with E-state index in [1.165, 1.54) is 0 Å². The molecule has 0 amide bonds. The number of halogens is 5. The third-order valence-corrected chi connectivity index (χ3v) is 1.43. The molecule has 9 heteroatoms. The highest BCUT2D eigenvalue weighted by molar-refractivity contribution is 8.44. The third kappa shape index (κ3) is 7.59. The topological polar surface area (TPSA) is 21.3 Å². The van der Waals surface area contributed by atoms with E-state index in [9.17, 15) is 19.4 Å². The van der Waals surface area contributed by atoms with Gasteiger partial charge in [-0.3, -0.25) is 0 Å². The molecule has 11 heavy (non-hydrogen) atoms. The Morgan fingerprint density at radius 2 is 1.64 bits per heavy atom. The van der Waals surface area contributed by atoms with E-state index in [-0.39, 0.29) is 4.72 Å². The minimum absolute atomic E-state index is 0.0845. The molecule has 0 radical (unpaired) electrons. The van der Waals surface area contributed by atoms with Crippen LogP contribution in [0.1, 0.15) is 0 Å². The van der Waals surface area contributed by atoms with Gasteiger partial charge in [0.05, 0.1) is 7.11 Å². The lowest BCUT2D eigenvalue weighted by atomic mass is 11.3. The summed E-state index contributed by atoms with van der Waals surface area (Å²) in [5, 5.41) is -1.40. The van der Waals surface area contributed by atoms with E-state index in [0.717, 1.165) is 7.11 Å². The average Bonchev–Trinajstić information content (AvgIpc) is 1.57. The SMILES string of the molecule is COC(=S)NS(F)(F)(F)(F)F. The molecule has 0 spiro atoms. The van der Waals surface area contributed by atoms with Crippen LogP contribution in [0.2, 0.25) is 0 Å². The first-order chi connectivity index (χ1) is 4.43. The Balaban J connectivity index is 4.51. The van der Waals surface area contributed by atoms with Crippen molar-refractivity contribution >= 4 is 27.8 Å². The molecule has 0 saturated carbocycles. The maximum Gasteiger partial charge on any atom is 0.365 e. The van der Waals surface area contributed by atoms with Crippen molar-refractivity contribution in [1.82, 2.24) is 4.72 Å². The van der Waals surface area contributed by atoms with Crippen LogP contribution in [-0.4, -0.2) is 12.3 Å². The van der Waals surface area contributed by atoms with Crippen LogP contribution in [0.25, 0.3) is 0 Å². The fourth-order valence-electron chi connectivity index (χ4n) is 0.199. The van der Waals surface area contributed by atoms with Crippen LogP contribution < -0.4 is 4.72 Å². The Hall–Kier alpha value is -0.310. The molecule has 0 bridgehead atoms. The largest absolute Gasteiger partial charge is 0.474 e. The maximum atomic E-state index is 11.4. The molecule has 0 unspecified atom stereocenters. The molecule has 0 saturated heterocycles. The van der Waals surface area contributed by atoms with Crippen LogP contribution in [0.4, 0.5) is 19.4 Å². The summed E-state index contributed by atoms with van der Waals surface area (Å²) in [6.45, 7) is 0. The summed E-state index contributed by atoms with van der Waals surface area (Å²) in [5.74, 6) is 0. The van der Waals surface area contributed by atoms with E-state index in [0.29, 0.717) is 0 Å². The molecule has 0 aromatic carbocycles. The number of thiocarbonyl (C=S) groups is 1. The zero-order valence-corrected chi connectivity index (χ0v) is 6.75. The number of methoxy groups -OCH3 is 1. The van der Waals surface area contributed by atoms with Gasteiger partial charge >= 0.3 is 10.4 Å². The molecule has 0 heterocycles. The van der Waals surface area contributed by atoms with Gasteiger partial charge < -0.3 is 4.74 Å². The first-order valence-electron chi connectivity index (χ1n) is 2.04. The van der Waals surface area contributed by atoms with Gasteiger partial charge in [0.2, 0.25) is 0 Å². The normalized spacial score (nSPS) is 18.0. The standard InChI is InChI=1S/C2H4F5NOS2/c1-9-2(10)8-11(3,4,5,6)7/h1H3,(H,8,10). The zero-order chi connectivity index (χ0) is 9.40. The summed E-state index contributed by atoms with van der Waals surface area (Å²) in [6.07, 6.45) is 0. The molecular weight excluding hydrogens is 213 g/mol. The van der Waals surface area contributed by atoms with Gasteiger partial charge in [-0.25, -0.2) is 4.72 Å². The van der Waals surface area contributed by atoms with Crippen LogP contribution in [0.5, 0.6) is 0 Å². The zero-order valence-electron chi connectivity index (χ0n) is 5.11. The summed E-state index contributed by atoms with van der Waals surface area (Å²) in [6, 6.07) is 0. The lowest BCUT2D eigenvalue weighted by Crippen LogP contribution is -2.33. The predicted molar refractivity (Wildman–Crippen MR) is 35.9 cm³/mol. The van der Waals surface area contributed by atoms with E-state index in [1.54, 1.807) is 0 Å². The minimum atomic E-state index is -9.64. The van der Waals surface area contributed by atoms with Gasteiger partial charge in [-0.05, 0) is 12.2 Å². The summed E-state index contributed by atoms with van der Waals surface area (Å²) >= 11 is 3.74. The molecule has 70 valence electrons. The Morgan fingerprint density at radius 1 is 1.27 bits per heavy atom. The van der Waals surface area contributed by atoms with E-state index in [2.05, 4.69) is 17.0 Å². The van der Waals surface area contributed by atoms with Crippen molar-refractivity contribution in [2.75, 3.05) is 7.11 Å². The lowest BCUT2D eigenvalue weighted by molar-refractivity contribution is 0.337. The van der Waals surface area contributed by atoms with Gasteiger partial charge in [-0.1, -0.05) is 19.4 Å². The van der Waals surface area contributed by atoms with Crippen molar-refractivity contribution in [3.05, 3.63) is 0 Å². The first kappa shape index (κ1) is 10.7. The molecule has 0 atom stereocenters. The molecule has 0 aliphatic heterocycles. The number of hydrogen-bond acceptors (Lipinski definition) is 2. The van der Waals surface area contributed by atoms with Crippen LogP contribution in [0.3, 0.4) is 0 Å². The van der Waals surface area contributed by atoms with E-state index in [4.69, 9.17) is 0 Å². The van der Waals surface area contributed by atoms with Gasteiger partial charge in [-0.2, -0.15) is 0 Å². The summed E-state index contributed by atoms with van der Waals surface area (Å²) in [4.78, 5) is 0. The summed E-state index contributed by atoms with van der Waals surface area (Å²) in [5.41, 5.74) is 0. The highest BCUT2D eigenvalue weighted by atomic mass is 32.5. The van der Waals surface area contributed by atoms with Gasteiger partial charge in [-0.15, -0.1) is 0 Å². The van der Waals surface area contributed by atoms with Gasteiger partial charge in [0.1, 0.15) is 0 Å². The summed E-state index contributed by atoms with van der Waals surface area (Å²) < 4.78 is 60.5. The van der Waals surface area contributed by atoms with Crippen LogP contribution >= 0.6 is 22.6 Å². The molecule has 2 nitrogen and oxygen atoms in total. The van der Waals surface area contributed by atoms with Gasteiger partial charge in [0.15, 0.2) is 0 Å². The molecule has 0 aliphatic rings. The lowest BCUT2D eigenvalue weighted by Gasteiger charge is -2.40. The van der Waals surface area contributed by atoms with Crippen LogP contribution in [0, 0.1) is 0 Å². The second-order valence-corrected chi connectivity index (χ2v) is 4.08. The maximum absolute atomic E-state index is 11.4. The second kappa shape index (κ2) is 1.89. The van der Waals surface area contributed by atoms with Crippen molar-refractivity contribution in [2.24, 2.45) is 0 Å². The van der Waals surface area contributed by atoms with Crippen LogP contribution in [-0.2, 0) is 4.74 Å². The Bertz CT molecular complexity index is 182. The monoisotopic (exact) mass is 217 g/mol. The van der Waals surface area contributed by atoms with Gasteiger partial charge in [0.25, 0.3) is 5.17 Å². The van der Waals surface area contributed by atoms with Crippen molar-refractivity contribution in [3.8, 4) is 0 Å². The van der Waals surface area contributed by atoms with Crippen LogP contribution in [0.15, 0.2) is 0 Å². The highest BCUT2D eigenvalue weighted by Gasteiger charge is 2.64. The van der Waals surface area contributed by atoms with E-state index < -0.39 is 15.6 Å². The van der Waals surface area contributed by atoms with Crippen molar-refractivity contribution in [3.63, 3.8) is 0 Å². The molecule has 0 rings (SSSR count). The summed E-state index contributed by atoms with van der Waals surface area (Å²) in [7, 11) is -8.89. The third-order valence-electron chi connectivity index (χ3n) is 0.462. The quantitative estimate of drug-likeness (QED) is 0.539. The fourth-order valence-corrected chi connectivity index (χ4v) is 1.07. The smallest absolute Gasteiger partial charge is 0.365 e. The highest BCUT2D eigenvalue weighted by Crippen LogP contribution is 2.94. The van der Waals surface area contributed by atoms with E-state index in [1.807, 2.05) is 0 Å². The minimum Gasteiger partial charge on any atom is -0.474 e. The van der Waals surface area contributed by atoms with Gasteiger partial charge in [0, 0.05) is 0 Å². The number of ether oxygens (including phenoxy) is 1.